The van der Waals surface area contributed by atoms with Gasteiger partial charge < -0.3 is 25.0 Å². The number of rotatable bonds is 3. The first-order valence-electron chi connectivity index (χ1n) is 7.90. The maximum atomic E-state index is 12.4. The molecule has 0 unspecified atom stereocenters. The molecule has 23 heavy (non-hydrogen) atoms. The number of benzene rings is 1. The highest BCUT2D eigenvalue weighted by atomic mass is 32.1. The third-order valence-corrected chi connectivity index (χ3v) is 4.52. The Morgan fingerprint density at radius 3 is 2.78 bits per heavy atom. The molecule has 3 rings (SSSR count). The minimum absolute atomic E-state index is 0.0149. The Balaban J connectivity index is 1.53. The summed E-state index contributed by atoms with van der Waals surface area (Å²) in [6.07, 6.45) is 1.61. The second-order valence-corrected chi connectivity index (χ2v) is 6.04. The molecule has 0 radical (unpaired) electrons. The Bertz CT molecular complexity index is 600. The van der Waals surface area contributed by atoms with Crippen molar-refractivity contribution in [3.8, 4) is 11.5 Å². The molecule has 1 saturated heterocycles. The van der Waals surface area contributed by atoms with Gasteiger partial charge in [0.25, 0.3) is 0 Å². The maximum absolute atomic E-state index is 12.4. The molecule has 0 saturated carbocycles. The number of carbonyl (C=O) groups is 1. The van der Waals surface area contributed by atoms with Crippen LogP contribution >= 0.6 is 12.2 Å². The third-order valence-electron chi connectivity index (χ3n) is 4.12. The fourth-order valence-electron chi connectivity index (χ4n) is 2.83. The summed E-state index contributed by atoms with van der Waals surface area (Å²) >= 11 is 5.32. The SMILES string of the molecule is CCNC(=S)N1CCC(C(=O)Nc2ccc3c(c2)OCO3)CC1. The zero-order chi connectivity index (χ0) is 16.2. The van der Waals surface area contributed by atoms with Crippen molar-refractivity contribution in [2.45, 2.75) is 19.8 Å². The van der Waals surface area contributed by atoms with Crippen molar-refractivity contribution in [1.29, 1.82) is 0 Å². The summed E-state index contributed by atoms with van der Waals surface area (Å²) < 4.78 is 10.6. The van der Waals surface area contributed by atoms with Crippen LogP contribution in [0.15, 0.2) is 18.2 Å². The van der Waals surface area contributed by atoms with Gasteiger partial charge in [0.05, 0.1) is 0 Å². The van der Waals surface area contributed by atoms with Crippen LogP contribution in [0.3, 0.4) is 0 Å². The first-order chi connectivity index (χ1) is 11.2. The van der Waals surface area contributed by atoms with Gasteiger partial charge in [0.15, 0.2) is 16.6 Å². The fraction of sp³-hybridized carbons (Fsp3) is 0.500. The molecule has 1 fully saturated rings. The quantitative estimate of drug-likeness (QED) is 0.824. The van der Waals surface area contributed by atoms with Gasteiger partial charge in [-0.1, -0.05) is 0 Å². The minimum atomic E-state index is 0.0149. The van der Waals surface area contributed by atoms with Crippen molar-refractivity contribution in [3.05, 3.63) is 18.2 Å². The number of anilines is 1. The molecule has 0 aromatic heterocycles. The smallest absolute Gasteiger partial charge is 0.231 e. The molecule has 0 atom stereocenters. The molecular formula is C16H21N3O3S. The highest BCUT2D eigenvalue weighted by Crippen LogP contribution is 2.34. The number of amides is 1. The van der Waals surface area contributed by atoms with Gasteiger partial charge in [0.1, 0.15) is 0 Å². The van der Waals surface area contributed by atoms with Gasteiger partial charge in [-0.3, -0.25) is 4.79 Å². The van der Waals surface area contributed by atoms with Crippen LogP contribution in [0.25, 0.3) is 0 Å². The van der Waals surface area contributed by atoms with E-state index in [1.165, 1.54) is 0 Å². The number of fused-ring (bicyclic) bond motifs is 1. The lowest BCUT2D eigenvalue weighted by Crippen LogP contribution is -2.45. The first-order valence-corrected chi connectivity index (χ1v) is 8.31. The van der Waals surface area contributed by atoms with Gasteiger partial charge in [0.2, 0.25) is 12.7 Å². The topological polar surface area (TPSA) is 62.8 Å². The Morgan fingerprint density at radius 1 is 1.30 bits per heavy atom. The number of carbonyl (C=O) groups excluding carboxylic acids is 1. The van der Waals surface area contributed by atoms with Crippen LogP contribution in [0, 0.1) is 5.92 Å². The Morgan fingerprint density at radius 2 is 2.04 bits per heavy atom. The van der Waals surface area contributed by atoms with Gasteiger partial charge in [-0.15, -0.1) is 0 Å². The summed E-state index contributed by atoms with van der Waals surface area (Å²) in [6, 6.07) is 5.45. The molecule has 2 heterocycles. The Labute approximate surface area is 141 Å². The van der Waals surface area contributed by atoms with E-state index in [4.69, 9.17) is 21.7 Å². The lowest BCUT2D eigenvalue weighted by Gasteiger charge is -2.33. The van der Waals surface area contributed by atoms with Crippen LogP contribution in [-0.4, -0.2) is 42.3 Å². The summed E-state index contributed by atoms with van der Waals surface area (Å²) in [5.74, 6) is 1.46. The number of hydrogen-bond acceptors (Lipinski definition) is 4. The molecule has 0 spiro atoms. The van der Waals surface area contributed by atoms with Crippen LogP contribution in [-0.2, 0) is 4.79 Å². The van der Waals surface area contributed by atoms with Crippen molar-refractivity contribution in [3.63, 3.8) is 0 Å². The van der Waals surface area contributed by atoms with Crippen molar-refractivity contribution in [2.75, 3.05) is 31.7 Å². The lowest BCUT2D eigenvalue weighted by molar-refractivity contribution is -0.120. The molecule has 6 nitrogen and oxygen atoms in total. The lowest BCUT2D eigenvalue weighted by atomic mass is 9.96. The first kappa shape index (κ1) is 15.9. The molecule has 124 valence electrons. The number of nitrogens with zero attached hydrogens (tertiary/aromatic N) is 1. The summed E-state index contributed by atoms with van der Waals surface area (Å²) in [5.41, 5.74) is 0.741. The van der Waals surface area contributed by atoms with Crippen molar-refractivity contribution < 1.29 is 14.3 Å². The maximum Gasteiger partial charge on any atom is 0.231 e. The molecular weight excluding hydrogens is 314 g/mol. The average molecular weight is 335 g/mol. The normalized spacial score (nSPS) is 17.0. The summed E-state index contributed by atoms with van der Waals surface area (Å²) in [4.78, 5) is 14.5. The predicted molar refractivity (Wildman–Crippen MR) is 91.8 cm³/mol. The summed E-state index contributed by atoms with van der Waals surface area (Å²) in [5, 5.41) is 6.90. The number of hydrogen-bond donors (Lipinski definition) is 2. The summed E-state index contributed by atoms with van der Waals surface area (Å²) in [7, 11) is 0. The molecule has 2 N–H and O–H groups in total. The minimum Gasteiger partial charge on any atom is -0.454 e. The van der Waals surface area contributed by atoms with Gasteiger partial charge >= 0.3 is 0 Å². The Kier molecular flexibility index (Phi) is 4.85. The number of ether oxygens (including phenoxy) is 2. The van der Waals surface area contributed by atoms with E-state index in [1.54, 1.807) is 6.07 Å². The monoisotopic (exact) mass is 335 g/mol. The van der Waals surface area contributed by atoms with E-state index in [0.717, 1.165) is 43.3 Å². The standard InChI is InChI=1S/C16H21N3O3S/c1-2-17-16(23)19-7-5-11(6-8-19)15(20)18-12-3-4-13-14(9-12)22-10-21-13/h3-4,9,11H,2,5-8,10H2,1H3,(H,17,23)(H,18,20). The van der Waals surface area contributed by atoms with E-state index in [2.05, 4.69) is 15.5 Å². The Hall–Kier alpha value is -2.02. The van der Waals surface area contributed by atoms with E-state index in [9.17, 15) is 4.79 Å². The van der Waals surface area contributed by atoms with Gasteiger partial charge in [-0.05, 0) is 44.1 Å². The van der Waals surface area contributed by atoms with Crippen LogP contribution in [0.5, 0.6) is 11.5 Å². The fourth-order valence-corrected chi connectivity index (χ4v) is 3.15. The van der Waals surface area contributed by atoms with Crippen LogP contribution < -0.4 is 20.1 Å². The number of thiocarbonyl (C=S) groups is 1. The summed E-state index contributed by atoms with van der Waals surface area (Å²) in [6.45, 7) is 4.70. The average Bonchev–Trinajstić information content (AvgIpc) is 3.03. The van der Waals surface area contributed by atoms with Gasteiger partial charge in [-0.25, -0.2) is 0 Å². The molecule has 0 aliphatic carbocycles. The van der Waals surface area contributed by atoms with Crippen LogP contribution in [0.2, 0.25) is 0 Å². The van der Waals surface area contributed by atoms with Crippen molar-refractivity contribution in [2.24, 2.45) is 5.92 Å². The van der Waals surface area contributed by atoms with Crippen LogP contribution in [0.4, 0.5) is 5.69 Å². The van der Waals surface area contributed by atoms with Crippen LogP contribution in [0.1, 0.15) is 19.8 Å². The van der Waals surface area contributed by atoms with Gasteiger partial charge in [0, 0.05) is 37.3 Å². The highest BCUT2D eigenvalue weighted by molar-refractivity contribution is 7.80. The van der Waals surface area contributed by atoms with E-state index in [-0.39, 0.29) is 18.6 Å². The number of piperidine rings is 1. The van der Waals surface area contributed by atoms with Crippen molar-refractivity contribution >= 4 is 28.9 Å². The van der Waals surface area contributed by atoms with E-state index in [0.29, 0.717) is 11.5 Å². The molecule has 2 aliphatic heterocycles. The molecule has 1 aromatic rings. The van der Waals surface area contributed by atoms with Gasteiger partial charge in [-0.2, -0.15) is 0 Å². The predicted octanol–water partition coefficient (Wildman–Crippen LogP) is 1.96. The molecule has 0 bridgehead atoms. The molecule has 7 heteroatoms. The molecule has 2 aliphatic rings. The van der Waals surface area contributed by atoms with Crippen molar-refractivity contribution in [1.82, 2.24) is 10.2 Å². The zero-order valence-electron chi connectivity index (χ0n) is 13.1. The zero-order valence-corrected chi connectivity index (χ0v) is 13.9. The number of nitrogens with one attached hydrogen (secondary N) is 2. The van der Waals surface area contributed by atoms with E-state index in [1.807, 2.05) is 19.1 Å². The molecule has 1 aromatic carbocycles. The molecule has 1 amide bonds. The second kappa shape index (κ2) is 7.04. The van der Waals surface area contributed by atoms with E-state index >= 15 is 0 Å². The second-order valence-electron chi connectivity index (χ2n) is 5.65. The third kappa shape index (κ3) is 3.67. The van der Waals surface area contributed by atoms with E-state index < -0.39 is 0 Å². The number of likely N-dealkylation sites (tertiary alicyclic amines) is 1. The largest absolute Gasteiger partial charge is 0.454 e. The highest BCUT2D eigenvalue weighted by Gasteiger charge is 2.26.